The van der Waals surface area contributed by atoms with Crippen LogP contribution in [0, 0.1) is 13.8 Å². The average molecular weight is 284 g/mol. The third kappa shape index (κ3) is 3.03. The van der Waals surface area contributed by atoms with E-state index in [1.54, 1.807) is 0 Å². The second kappa shape index (κ2) is 6.02. The van der Waals surface area contributed by atoms with Crippen LogP contribution in [0.1, 0.15) is 43.2 Å². The van der Waals surface area contributed by atoms with Crippen LogP contribution in [0.15, 0.2) is 22.6 Å². The summed E-state index contributed by atoms with van der Waals surface area (Å²) >= 11 is 0. The van der Waals surface area contributed by atoms with E-state index in [-0.39, 0.29) is 0 Å². The molecule has 1 aromatic heterocycles. The van der Waals surface area contributed by atoms with Crippen LogP contribution in [0.4, 0.5) is 0 Å². The van der Waals surface area contributed by atoms with Crippen LogP contribution in [0.3, 0.4) is 0 Å². The van der Waals surface area contributed by atoms with Crippen LogP contribution < -0.4 is 0 Å². The Kier molecular flexibility index (Phi) is 4.11. The molecule has 3 rings (SSSR count). The maximum atomic E-state index is 6.01. The second-order valence-corrected chi connectivity index (χ2v) is 6.08. The Bertz CT molecular complexity index is 669. The minimum Gasteiger partial charge on any atom is -0.436 e. The van der Waals surface area contributed by atoms with E-state index < -0.39 is 0 Å². The Morgan fingerprint density at radius 2 is 2.14 bits per heavy atom. The monoisotopic (exact) mass is 284 g/mol. The first-order chi connectivity index (χ1) is 10.2. The van der Waals surface area contributed by atoms with Gasteiger partial charge in [0.25, 0.3) is 0 Å². The number of aromatic nitrogens is 1. The summed E-state index contributed by atoms with van der Waals surface area (Å²) in [6.45, 7) is 9.77. The summed E-state index contributed by atoms with van der Waals surface area (Å²) in [5.74, 6) is 0.814. The zero-order valence-electron chi connectivity index (χ0n) is 13.3. The zero-order valence-corrected chi connectivity index (χ0v) is 13.3. The number of fused-ring (bicyclic) bond motifs is 1. The molecule has 0 aliphatic carbocycles. The molecule has 0 atom stereocenters. The number of rotatable bonds is 4. The highest BCUT2D eigenvalue weighted by molar-refractivity contribution is 5.79. The first-order valence-corrected chi connectivity index (χ1v) is 7.97. The molecule has 0 saturated carbocycles. The van der Waals surface area contributed by atoms with E-state index in [0.717, 1.165) is 36.5 Å². The molecule has 0 bridgehead atoms. The van der Waals surface area contributed by atoms with Gasteiger partial charge in [-0.15, -0.1) is 0 Å². The molecule has 0 spiro atoms. The van der Waals surface area contributed by atoms with Crippen molar-refractivity contribution in [2.24, 2.45) is 0 Å². The SMILES string of the molecule is CCCCN1CC=C(c2nc3cc(C)cc(C)c3o2)CC1. The molecule has 0 radical (unpaired) electrons. The van der Waals surface area contributed by atoms with Crippen LogP contribution >= 0.6 is 0 Å². The van der Waals surface area contributed by atoms with Crippen LogP contribution in [-0.4, -0.2) is 29.5 Å². The molecule has 0 fully saturated rings. The lowest BCUT2D eigenvalue weighted by molar-refractivity contribution is 0.295. The first kappa shape index (κ1) is 14.3. The predicted molar refractivity (Wildman–Crippen MR) is 87.4 cm³/mol. The van der Waals surface area contributed by atoms with Crippen molar-refractivity contribution in [2.45, 2.75) is 40.0 Å². The van der Waals surface area contributed by atoms with E-state index in [4.69, 9.17) is 9.40 Å². The number of unbranched alkanes of at least 4 members (excludes halogenated alkanes) is 1. The van der Waals surface area contributed by atoms with Gasteiger partial charge < -0.3 is 4.42 Å². The fourth-order valence-corrected chi connectivity index (χ4v) is 3.00. The van der Waals surface area contributed by atoms with Gasteiger partial charge in [0.15, 0.2) is 5.58 Å². The number of hydrogen-bond acceptors (Lipinski definition) is 3. The first-order valence-electron chi connectivity index (χ1n) is 7.97. The van der Waals surface area contributed by atoms with Crippen molar-refractivity contribution in [3.8, 4) is 0 Å². The summed E-state index contributed by atoms with van der Waals surface area (Å²) in [6.07, 6.45) is 5.86. The molecular weight excluding hydrogens is 260 g/mol. The van der Waals surface area contributed by atoms with Gasteiger partial charge in [0.2, 0.25) is 5.89 Å². The number of benzene rings is 1. The van der Waals surface area contributed by atoms with Crippen LogP contribution in [0.2, 0.25) is 0 Å². The summed E-state index contributed by atoms with van der Waals surface area (Å²) in [5, 5.41) is 0. The molecule has 21 heavy (non-hydrogen) atoms. The van der Waals surface area contributed by atoms with E-state index in [2.05, 4.69) is 43.9 Å². The zero-order chi connectivity index (χ0) is 14.8. The highest BCUT2D eigenvalue weighted by Gasteiger charge is 2.17. The molecular formula is C18H24N2O. The predicted octanol–water partition coefficient (Wildman–Crippen LogP) is 4.33. The molecule has 2 heterocycles. The maximum Gasteiger partial charge on any atom is 0.223 e. The van der Waals surface area contributed by atoms with Crippen molar-refractivity contribution in [3.63, 3.8) is 0 Å². The van der Waals surface area contributed by atoms with Gasteiger partial charge in [-0.3, -0.25) is 4.90 Å². The summed E-state index contributed by atoms with van der Waals surface area (Å²) in [5.41, 5.74) is 5.59. The van der Waals surface area contributed by atoms with Gasteiger partial charge in [-0.2, -0.15) is 0 Å². The minimum absolute atomic E-state index is 0.814. The largest absolute Gasteiger partial charge is 0.436 e. The average Bonchev–Trinajstić information content (AvgIpc) is 2.90. The molecule has 0 N–H and O–H groups in total. The second-order valence-electron chi connectivity index (χ2n) is 6.08. The standard InChI is InChI=1S/C18H24N2O/c1-4-5-8-20-9-6-15(7-10-20)18-19-16-12-13(2)11-14(3)17(16)21-18/h6,11-12H,4-5,7-10H2,1-3H3. The molecule has 0 amide bonds. The molecule has 1 aromatic carbocycles. The van der Waals surface area contributed by atoms with Gasteiger partial charge in [0, 0.05) is 18.7 Å². The molecule has 1 aliphatic rings. The van der Waals surface area contributed by atoms with Gasteiger partial charge in [-0.1, -0.05) is 25.5 Å². The molecule has 0 unspecified atom stereocenters. The van der Waals surface area contributed by atoms with E-state index in [0.29, 0.717) is 0 Å². The summed E-state index contributed by atoms with van der Waals surface area (Å²) in [6, 6.07) is 4.26. The molecule has 2 aromatic rings. The summed E-state index contributed by atoms with van der Waals surface area (Å²) in [4.78, 5) is 7.20. The number of hydrogen-bond donors (Lipinski definition) is 0. The highest BCUT2D eigenvalue weighted by atomic mass is 16.3. The van der Waals surface area contributed by atoms with Crippen molar-refractivity contribution >= 4 is 16.7 Å². The van der Waals surface area contributed by atoms with Crippen molar-refractivity contribution < 1.29 is 4.42 Å². The van der Waals surface area contributed by atoms with Gasteiger partial charge in [-0.05, 0) is 50.4 Å². The Hall–Kier alpha value is -1.61. The van der Waals surface area contributed by atoms with E-state index in [9.17, 15) is 0 Å². The Morgan fingerprint density at radius 1 is 1.29 bits per heavy atom. The smallest absolute Gasteiger partial charge is 0.223 e. The van der Waals surface area contributed by atoms with Crippen LogP contribution in [0.5, 0.6) is 0 Å². The highest BCUT2D eigenvalue weighted by Crippen LogP contribution is 2.28. The van der Waals surface area contributed by atoms with Crippen LogP contribution in [0.25, 0.3) is 16.7 Å². The van der Waals surface area contributed by atoms with Gasteiger partial charge in [0.05, 0.1) is 0 Å². The lowest BCUT2D eigenvalue weighted by atomic mass is 10.1. The molecule has 3 nitrogen and oxygen atoms in total. The quantitative estimate of drug-likeness (QED) is 0.836. The number of aryl methyl sites for hydroxylation is 2. The van der Waals surface area contributed by atoms with E-state index in [1.807, 2.05) is 0 Å². The topological polar surface area (TPSA) is 29.3 Å². The van der Waals surface area contributed by atoms with Crippen molar-refractivity contribution in [3.05, 3.63) is 35.2 Å². The third-order valence-corrected chi connectivity index (χ3v) is 4.22. The van der Waals surface area contributed by atoms with E-state index in [1.165, 1.54) is 36.1 Å². The Morgan fingerprint density at radius 3 is 2.86 bits per heavy atom. The fraction of sp³-hybridized carbons (Fsp3) is 0.500. The number of nitrogens with zero attached hydrogens (tertiary/aromatic N) is 2. The minimum atomic E-state index is 0.814. The summed E-state index contributed by atoms with van der Waals surface area (Å²) in [7, 11) is 0. The molecule has 3 heteroatoms. The van der Waals surface area contributed by atoms with Crippen molar-refractivity contribution in [1.82, 2.24) is 9.88 Å². The Balaban J connectivity index is 1.82. The molecule has 0 saturated heterocycles. The van der Waals surface area contributed by atoms with Gasteiger partial charge in [0.1, 0.15) is 5.52 Å². The van der Waals surface area contributed by atoms with E-state index >= 15 is 0 Å². The molecule has 1 aliphatic heterocycles. The lowest BCUT2D eigenvalue weighted by Crippen LogP contribution is -2.29. The normalized spacial score (nSPS) is 16.4. The van der Waals surface area contributed by atoms with Gasteiger partial charge >= 0.3 is 0 Å². The number of oxazole rings is 1. The summed E-state index contributed by atoms with van der Waals surface area (Å²) < 4.78 is 6.01. The Labute approximate surface area is 126 Å². The third-order valence-electron chi connectivity index (χ3n) is 4.22. The maximum absolute atomic E-state index is 6.01. The van der Waals surface area contributed by atoms with Crippen molar-refractivity contribution in [1.29, 1.82) is 0 Å². The van der Waals surface area contributed by atoms with Crippen molar-refractivity contribution in [2.75, 3.05) is 19.6 Å². The lowest BCUT2D eigenvalue weighted by Gasteiger charge is -2.24. The fourth-order valence-electron chi connectivity index (χ4n) is 3.00. The molecule has 112 valence electrons. The van der Waals surface area contributed by atoms with Gasteiger partial charge in [-0.25, -0.2) is 4.98 Å². The van der Waals surface area contributed by atoms with Crippen LogP contribution in [-0.2, 0) is 0 Å².